The van der Waals surface area contributed by atoms with E-state index in [1.54, 1.807) is 16.7 Å². The molecule has 0 spiro atoms. The van der Waals surface area contributed by atoms with Crippen LogP contribution in [0.2, 0.25) is 10.0 Å². The molecule has 25 heavy (non-hydrogen) atoms. The minimum Gasteiger partial charge on any atom is -0.491 e. The van der Waals surface area contributed by atoms with Crippen molar-refractivity contribution in [1.29, 1.82) is 0 Å². The molecule has 1 aromatic carbocycles. The van der Waals surface area contributed by atoms with Gasteiger partial charge in [-0.25, -0.2) is 0 Å². The van der Waals surface area contributed by atoms with Crippen molar-refractivity contribution in [2.75, 3.05) is 6.61 Å². The van der Waals surface area contributed by atoms with Crippen molar-refractivity contribution in [3.05, 3.63) is 38.2 Å². The van der Waals surface area contributed by atoms with Gasteiger partial charge in [0, 0.05) is 18.5 Å². The standard InChI is InChI=1S/C19H26Cl2N2O2/c1-4-5-8-25-18-13-9-15(20)16(21)10-14(13)19(24)23(17(18)11-22)7-6-12(2)3/h9-10,12H,4-8,11,22H2,1-3H3. The fourth-order valence-corrected chi connectivity index (χ4v) is 3.09. The molecule has 1 heterocycles. The van der Waals surface area contributed by atoms with E-state index in [-0.39, 0.29) is 12.1 Å². The van der Waals surface area contributed by atoms with Crippen LogP contribution in [-0.2, 0) is 13.1 Å². The van der Waals surface area contributed by atoms with E-state index in [1.807, 2.05) is 0 Å². The van der Waals surface area contributed by atoms with Gasteiger partial charge in [-0.15, -0.1) is 0 Å². The number of nitrogens with two attached hydrogens (primary N) is 1. The molecule has 0 radical (unpaired) electrons. The number of halogens is 2. The number of fused-ring (bicyclic) bond motifs is 1. The summed E-state index contributed by atoms with van der Waals surface area (Å²) in [7, 11) is 0. The summed E-state index contributed by atoms with van der Waals surface area (Å²) >= 11 is 12.3. The molecule has 0 aliphatic carbocycles. The Bertz CT molecular complexity index is 800. The quantitative estimate of drug-likeness (QED) is 0.651. The minimum absolute atomic E-state index is 0.0995. The zero-order valence-corrected chi connectivity index (χ0v) is 16.6. The van der Waals surface area contributed by atoms with E-state index < -0.39 is 0 Å². The molecule has 0 saturated heterocycles. The van der Waals surface area contributed by atoms with Crippen molar-refractivity contribution in [3.63, 3.8) is 0 Å². The number of ether oxygens (including phenoxy) is 1. The fourth-order valence-electron chi connectivity index (χ4n) is 2.76. The van der Waals surface area contributed by atoms with Crippen LogP contribution in [0, 0.1) is 5.92 Å². The lowest BCUT2D eigenvalue weighted by Crippen LogP contribution is -2.27. The summed E-state index contributed by atoms with van der Waals surface area (Å²) in [5.74, 6) is 1.12. The fraction of sp³-hybridized carbons (Fsp3) is 0.526. The first-order chi connectivity index (χ1) is 11.9. The Balaban J connectivity index is 2.71. The van der Waals surface area contributed by atoms with Gasteiger partial charge in [-0.3, -0.25) is 4.79 Å². The molecule has 0 aliphatic rings. The third kappa shape index (κ3) is 4.49. The zero-order valence-electron chi connectivity index (χ0n) is 15.1. The maximum Gasteiger partial charge on any atom is 0.258 e. The summed E-state index contributed by atoms with van der Waals surface area (Å²) in [6.45, 7) is 7.76. The Morgan fingerprint density at radius 1 is 1.20 bits per heavy atom. The van der Waals surface area contributed by atoms with Crippen molar-refractivity contribution in [2.45, 2.75) is 53.1 Å². The Kier molecular flexibility index (Phi) is 7.17. The average molecular weight is 385 g/mol. The molecular weight excluding hydrogens is 359 g/mol. The highest BCUT2D eigenvalue weighted by Crippen LogP contribution is 2.34. The number of rotatable bonds is 8. The number of unbranched alkanes of at least 4 members (excludes halogenated alkanes) is 1. The summed E-state index contributed by atoms with van der Waals surface area (Å²) in [5, 5.41) is 1.96. The van der Waals surface area contributed by atoms with Gasteiger partial charge < -0.3 is 15.0 Å². The molecule has 6 heteroatoms. The number of hydrogen-bond acceptors (Lipinski definition) is 3. The third-order valence-corrected chi connectivity index (χ3v) is 4.96. The van der Waals surface area contributed by atoms with E-state index >= 15 is 0 Å². The minimum atomic E-state index is -0.0995. The molecular formula is C19H26Cl2N2O2. The third-order valence-electron chi connectivity index (χ3n) is 4.24. The molecule has 1 aromatic heterocycles. The van der Waals surface area contributed by atoms with Crippen LogP contribution in [-0.4, -0.2) is 11.2 Å². The van der Waals surface area contributed by atoms with Crippen LogP contribution in [0.1, 0.15) is 45.7 Å². The second-order valence-corrected chi connectivity index (χ2v) is 7.45. The summed E-state index contributed by atoms with van der Waals surface area (Å²) in [4.78, 5) is 13.0. The second kappa shape index (κ2) is 8.93. The van der Waals surface area contributed by atoms with Crippen molar-refractivity contribution in [1.82, 2.24) is 4.57 Å². The summed E-state index contributed by atoms with van der Waals surface area (Å²) in [5.41, 5.74) is 6.61. The van der Waals surface area contributed by atoms with Crippen LogP contribution in [0.4, 0.5) is 0 Å². The van der Waals surface area contributed by atoms with E-state index in [2.05, 4.69) is 20.8 Å². The van der Waals surface area contributed by atoms with E-state index in [4.69, 9.17) is 33.7 Å². The van der Waals surface area contributed by atoms with Gasteiger partial charge >= 0.3 is 0 Å². The van der Waals surface area contributed by atoms with Gasteiger partial charge in [0.15, 0.2) is 0 Å². The molecule has 2 rings (SSSR count). The molecule has 0 fully saturated rings. The predicted octanol–water partition coefficient (Wildman–Crippen LogP) is 4.99. The van der Waals surface area contributed by atoms with Crippen LogP contribution in [0.25, 0.3) is 10.8 Å². The highest BCUT2D eigenvalue weighted by Gasteiger charge is 2.19. The smallest absolute Gasteiger partial charge is 0.258 e. The zero-order chi connectivity index (χ0) is 18.6. The van der Waals surface area contributed by atoms with Crippen molar-refractivity contribution < 1.29 is 4.74 Å². The largest absolute Gasteiger partial charge is 0.491 e. The van der Waals surface area contributed by atoms with Gasteiger partial charge in [-0.05, 0) is 30.9 Å². The maximum absolute atomic E-state index is 13.0. The van der Waals surface area contributed by atoms with Gasteiger partial charge in [-0.2, -0.15) is 0 Å². The van der Waals surface area contributed by atoms with Crippen molar-refractivity contribution in [3.8, 4) is 5.75 Å². The first-order valence-electron chi connectivity index (χ1n) is 8.77. The lowest BCUT2D eigenvalue weighted by Gasteiger charge is -2.20. The lowest BCUT2D eigenvalue weighted by molar-refractivity contribution is 0.305. The van der Waals surface area contributed by atoms with Gasteiger partial charge in [0.1, 0.15) is 5.75 Å². The van der Waals surface area contributed by atoms with Crippen LogP contribution in [0.5, 0.6) is 5.75 Å². The Labute approximate surface area is 158 Å². The van der Waals surface area contributed by atoms with Crippen LogP contribution >= 0.6 is 23.2 Å². The van der Waals surface area contributed by atoms with E-state index in [9.17, 15) is 4.79 Å². The van der Waals surface area contributed by atoms with Gasteiger partial charge in [0.05, 0.1) is 27.7 Å². The normalized spacial score (nSPS) is 11.5. The average Bonchev–Trinajstić information content (AvgIpc) is 2.57. The Morgan fingerprint density at radius 2 is 1.84 bits per heavy atom. The topological polar surface area (TPSA) is 57.2 Å². The number of benzene rings is 1. The van der Waals surface area contributed by atoms with Crippen LogP contribution in [0.3, 0.4) is 0 Å². The first-order valence-corrected chi connectivity index (χ1v) is 9.53. The van der Waals surface area contributed by atoms with Crippen molar-refractivity contribution in [2.24, 2.45) is 11.7 Å². The molecule has 0 atom stereocenters. The summed E-state index contributed by atoms with van der Waals surface area (Å²) in [6, 6.07) is 3.33. The summed E-state index contributed by atoms with van der Waals surface area (Å²) in [6.07, 6.45) is 2.83. The number of nitrogens with zero attached hydrogens (tertiary/aromatic N) is 1. The van der Waals surface area contributed by atoms with Gasteiger partial charge in [-0.1, -0.05) is 50.4 Å². The van der Waals surface area contributed by atoms with Gasteiger partial charge in [0.2, 0.25) is 0 Å². The molecule has 0 aliphatic heterocycles. The SMILES string of the molecule is CCCCOc1c(CN)n(CCC(C)C)c(=O)c2cc(Cl)c(Cl)cc12. The monoisotopic (exact) mass is 384 g/mol. The van der Waals surface area contributed by atoms with Crippen LogP contribution < -0.4 is 16.0 Å². The predicted molar refractivity (Wildman–Crippen MR) is 106 cm³/mol. The maximum atomic E-state index is 13.0. The second-order valence-electron chi connectivity index (χ2n) is 6.63. The molecule has 0 bridgehead atoms. The van der Waals surface area contributed by atoms with E-state index in [1.165, 1.54) is 0 Å². The molecule has 2 N–H and O–H groups in total. The molecule has 0 amide bonds. The van der Waals surface area contributed by atoms with Crippen LogP contribution in [0.15, 0.2) is 16.9 Å². The summed E-state index contributed by atoms with van der Waals surface area (Å²) < 4.78 is 7.77. The molecule has 138 valence electrons. The molecule has 2 aromatic rings. The van der Waals surface area contributed by atoms with Crippen molar-refractivity contribution >= 4 is 34.0 Å². The molecule has 4 nitrogen and oxygen atoms in total. The molecule has 0 saturated carbocycles. The Morgan fingerprint density at radius 3 is 2.40 bits per heavy atom. The highest BCUT2D eigenvalue weighted by atomic mass is 35.5. The number of hydrogen-bond donors (Lipinski definition) is 1. The first kappa shape index (κ1) is 20.1. The number of aromatic nitrogens is 1. The van der Waals surface area contributed by atoms with E-state index in [0.717, 1.165) is 19.3 Å². The number of pyridine rings is 1. The highest BCUT2D eigenvalue weighted by molar-refractivity contribution is 6.42. The molecule has 0 unspecified atom stereocenters. The van der Waals surface area contributed by atoms with Gasteiger partial charge in [0.25, 0.3) is 5.56 Å². The lowest BCUT2D eigenvalue weighted by atomic mass is 10.1. The Hall–Kier alpha value is -1.23. The van der Waals surface area contributed by atoms with E-state index in [0.29, 0.717) is 51.3 Å².